The van der Waals surface area contributed by atoms with Crippen molar-refractivity contribution in [3.05, 3.63) is 96.3 Å². The van der Waals surface area contributed by atoms with Crippen molar-refractivity contribution in [2.45, 2.75) is 24.9 Å². The number of halogens is 2. The van der Waals surface area contributed by atoms with Gasteiger partial charge in [0, 0.05) is 45.6 Å². The third-order valence-corrected chi connectivity index (χ3v) is 6.32. The van der Waals surface area contributed by atoms with Crippen LogP contribution in [0.1, 0.15) is 11.1 Å². The summed E-state index contributed by atoms with van der Waals surface area (Å²) in [7, 11) is 0. The van der Waals surface area contributed by atoms with Crippen LogP contribution in [0, 0.1) is 0 Å². The van der Waals surface area contributed by atoms with Crippen molar-refractivity contribution in [3.8, 4) is 0 Å². The highest BCUT2D eigenvalue weighted by Gasteiger charge is 2.18. The van der Waals surface area contributed by atoms with Crippen LogP contribution in [0.5, 0.6) is 0 Å². The van der Waals surface area contributed by atoms with Crippen LogP contribution in [-0.4, -0.2) is 33.9 Å². The number of para-hydroxylation sites is 2. The van der Waals surface area contributed by atoms with Gasteiger partial charge in [0.15, 0.2) is 0 Å². The molecule has 5 rings (SSSR count). The molecule has 2 heterocycles. The minimum absolute atomic E-state index is 0. The van der Waals surface area contributed by atoms with E-state index >= 15 is 0 Å². The summed E-state index contributed by atoms with van der Waals surface area (Å²) < 4.78 is 0. The Balaban J connectivity index is 0.00000200. The number of nitrogens with one attached hydrogen (secondary N) is 4. The lowest BCUT2D eigenvalue weighted by Gasteiger charge is -2.14. The first kappa shape index (κ1) is 28.7. The molecular formula is C28H30Cl2N6O2. The van der Waals surface area contributed by atoms with E-state index < -0.39 is 12.1 Å². The van der Waals surface area contributed by atoms with Gasteiger partial charge in [0.05, 0.1) is 12.1 Å². The van der Waals surface area contributed by atoms with Crippen molar-refractivity contribution in [2.24, 2.45) is 11.5 Å². The molecule has 0 aliphatic heterocycles. The molecule has 0 fully saturated rings. The number of anilines is 2. The zero-order chi connectivity index (χ0) is 25.1. The summed E-state index contributed by atoms with van der Waals surface area (Å²) in [5.41, 5.74) is 17.5. The van der Waals surface area contributed by atoms with Gasteiger partial charge in [-0.15, -0.1) is 24.8 Å². The van der Waals surface area contributed by atoms with Crippen molar-refractivity contribution in [1.82, 2.24) is 9.97 Å². The first-order valence-corrected chi connectivity index (χ1v) is 11.8. The van der Waals surface area contributed by atoms with Crippen molar-refractivity contribution >= 4 is 69.8 Å². The Morgan fingerprint density at radius 2 is 1.00 bits per heavy atom. The summed E-state index contributed by atoms with van der Waals surface area (Å²) >= 11 is 0. The SMILES string of the molecule is Cl.Cl.NC(Cc1c[nH]c2ccccc12)C(=O)Nc1ccc(NC(=O)C(N)Cc2c[nH]c3ccccc23)cc1. The Morgan fingerprint density at radius 3 is 1.39 bits per heavy atom. The maximum atomic E-state index is 12.6. The molecule has 0 saturated carbocycles. The van der Waals surface area contributed by atoms with Gasteiger partial charge in [-0.25, -0.2) is 0 Å². The summed E-state index contributed by atoms with van der Waals surface area (Å²) in [6, 6.07) is 21.3. The van der Waals surface area contributed by atoms with Crippen LogP contribution in [0.4, 0.5) is 11.4 Å². The van der Waals surface area contributed by atoms with Gasteiger partial charge < -0.3 is 32.1 Å². The Bertz CT molecular complexity index is 1410. The summed E-state index contributed by atoms with van der Waals surface area (Å²) in [4.78, 5) is 31.7. The van der Waals surface area contributed by atoms with E-state index in [9.17, 15) is 9.59 Å². The fourth-order valence-electron chi connectivity index (χ4n) is 4.37. The molecule has 0 radical (unpaired) electrons. The normalized spacial score (nSPS) is 12.3. The van der Waals surface area contributed by atoms with Crippen molar-refractivity contribution in [1.29, 1.82) is 0 Å². The first-order valence-electron chi connectivity index (χ1n) is 11.8. The highest BCUT2D eigenvalue weighted by molar-refractivity contribution is 5.97. The molecule has 5 aromatic rings. The summed E-state index contributed by atoms with van der Waals surface area (Å²) in [5, 5.41) is 7.79. The molecule has 2 atom stereocenters. The molecule has 3 aromatic carbocycles. The second-order valence-corrected chi connectivity index (χ2v) is 8.90. The zero-order valence-corrected chi connectivity index (χ0v) is 22.1. The number of carbonyl (C=O) groups excluding carboxylic acids is 2. The summed E-state index contributed by atoms with van der Waals surface area (Å²) in [6.07, 6.45) is 4.60. The van der Waals surface area contributed by atoms with Crippen LogP contribution in [0.25, 0.3) is 21.8 Å². The van der Waals surface area contributed by atoms with Crippen molar-refractivity contribution in [3.63, 3.8) is 0 Å². The number of carbonyl (C=O) groups is 2. The Morgan fingerprint density at radius 1 is 0.632 bits per heavy atom. The number of hydrogen-bond donors (Lipinski definition) is 6. The van der Waals surface area contributed by atoms with Crippen LogP contribution < -0.4 is 22.1 Å². The summed E-state index contributed by atoms with van der Waals surface area (Å²) in [5.74, 6) is -0.560. The third-order valence-electron chi connectivity index (χ3n) is 6.32. The van der Waals surface area contributed by atoms with E-state index in [-0.39, 0.29) is 36.6 Å². The van der Waals surface area contributed by atoms with Gasteiger partial charge in [0.1, 0.15) is 0 Å². The lowest BCUT2D eigenvalue weighted by molar-refractivity contribution is -0.118. The average Bonchev–Trinajstić information content (AvgIpc) is 3.49. The predicted octanol–water partition coefficient (Wildman–Crippen LogP) is 4.51. The van der Waals surface area contributed by atoms with Crippen LogP contribution in [0.3, 0.4) is 0 Å². The molecular weight excluding hydrogens is 523 g/mol. The van der Waals surface area contributed by atoms with E-state index in [2.05, 4.69) is 20.6 Å². The quantitative estimate of drug-likeness (QED) is 0.168. The highest BCUT2D eigenvalue weighted by atomic mass is 35.5. The van der Waals surface area contributed by atoms with E-state index in [0.29, 0.717) is 24.2 Å². The van der Waals surface area contributed by atoms with Gasteiger partial charge in [-0.05, 0) is 60.4 Å². The molecule has 0 spiro atoms. The molecule has 0 saturated heterocycles. The van der Waals surface area contributed by atoms with Crippen LogP contribution >= 0.6 is 24.8 Å². The Hall–Kier alpha value is -3.82. The van der Waals surface area contributed by atoms with Crippen molar-refractivity contribution < 1.29 is 9.59 Å². The molecule has 2 amide bonds. The molecule has 2 unspecified atom stereocenters. The maximum absolute atomic E-state index is 12.6. The van der Waals surface area contributed by atoms with Crippen LogP contribution in [-0.2, 0) is 22.4 Å². The second-order valence-electron chi connectivity index (χ2n) is 8.90. The minimum Gasteiger partial charge on any atom is -0.361 e. The smallest absolute Gasteiger partial charge is 0.241 e. The minimum atomic E-state index is -0.703. The number of nitrogens with two attached hydrogens (primary N) is 2. The number of fused-ring (bicyclic) bond motifs is 2. The van der Waals surface area contributed by atoms with E-state index in [1.165, 1.54) is 0 Å². The number of amides is 2. The zero-order valence-electron chi connectivity index (χ0n) is 20.4. The van der Waals surface area contributed by atoms with Gasteiger partial charge >= 0.3 is 0 Å². The number of H-pyrrole nitrogens is 2. The molecule has 2 aromatic heterocycles. The van der Waals surface area contributed by atoms with Crippen LogP contribution in [0.15, 0.2) is 85.2 Å². The topological polar surface area (TPSA) is 142 Å². The number of aromatic nitrogens is 2. The molecule has 0 aliphatic rings. The predicted molar refractivity (Wildman–Crippen MR) is 158 cm³/mol. The summed E-state index contributed by atoms with van der Waals surface area (Å²) in [6.45, 7) is 0. The number of rotatable bonds is 8. The van der Waals surface area contributed by atoms with Gasteiger partial charge in [-0.2, -0.15) is 0 Å². The molecule has 8 N–H and O–H groups in total. The second kappa shape index (κ2) is 12.6. The van der Waals surface area contributed by atoms with Crippen LogP contribution in [0.2, 0.25) is 0 Å². The third kappa shape index (κ3) is 6.35. The molecule has 10 heteroatoms. The Labute approximate surface area is 232 Å². The fraction of sp³-hybridized carbons (Fsp3) is 0.143. The van der Waals surface area contributed by atoms with E-state index in [1.54, 1.807) is 24.3 Å². The standard InChI is InChI=1S/C28H28N6O2.2ClH/c29-23(13-17-15-31-25-7-3-1-5-21(17)25)27(35)33-19-9-11-20(12-10-19)34-28(36)24(30)14-18-16-32-26-8-4-2-6-22(18)26;;/h1-12,15-16,23-24,31-32H,13-14,29-30H2,(H,33,35)(H,34,36);2*1H. The molecule has 38 heavy (non-hydrogen) atoms. The van der Waals surface area contributed by atoms with Gasteiger partial charge in [0.2, 0.25) is 11.8 Å². The number of aromatic amines is 2. The maximum Gasteiger partial charge on any atom is 0.241 e. The Kier molecular flexibility index (Phi) is 9.55. The number of benzene rings is 3. The van der Waals surface area contributed by atoms with E-state index in [1.807, 2.05) is 60.9 Å². The lowest BCUT2D eigenvalue weighted by Crippen LogP contribution is -2.37. The van der Waals surface area contributed by atoms with Gasteiger partial charge in [-0.3, -0.25) is 9.59 Å². The number of hydrogen-bond acceptors (Lipinski definition) is 4. The first-order chi connectivity index (χ1) is 17.5. The molecule has 8 nitrogen and oxygen atoms in total. The monoisotopic (exact) mass is 552 g/mol. The lowest BCUT2D eigenvalue weighted by atomic mass is 10.0. The molecule has 0 aliphatic carbocycles. The van der Waals surface area contributed by atoms with Crippen molar-refractivity contribution in [2.75, 3.05) is 10.6 Å². The van der Waals surface area contributed by atoms with Gasteiger partial charge in [0.25, 0.3) is 0 Å². The van der Waals surface area contributed by atoms with E-state index in [4.69, 9.17) is 11.5 Å². The highest BCUT2D eigenvalue weighted by Crippen LogP contribution is 2.21. The largest absolute Gasteiger partial charge is 0.361 e. The molecule has 0 bridgehead atoms. The van der Waals surface area contributed by atoms with E-state index in [0.717, 1.165) is 32.9 Å². The molecule has 198 valence electrons. The van der Waals surface area contributed by atoms with Gasteiger partial charge in [-0.1, -0.05) is 36.4 Å². The fourth-order valence-corrected chi connectivity index (χ4v) is 4.37. The average molecular weight is 553 g/mol.